The van der Waals surface area contributed by atoms with Crippen LogP contribution in [0.1, 0.15) is 17.2 Å². The Morgan fingerprint density at radius 2 is 0.982 bits per heavy atom. The molecule has 3 aromatic heterocycles. The van der Waals surface area contributed by atoms with E-state index in [1.165, 1.54) is 39.0 Å². The molecule has 9 aromatic rings. The fourth-order valence-corrected chi connectivity index (χ4v) is 7.61. The van der Waals surface area contributed by atoms with E-state index in [0.29, 0.717) is 0 Å². The Morgan fingerprint density at radius 3 is 1.75 bits per heavy atom. The van der Waals surface area contributed by atoms with Crippen LogP contribution < -0.4 is 5.32 Å². The van der Waals surface area contributed by atoms with Gasteiger partial charge in [0.25, 0.3) is 0 Å². The number of nitrogens with zero attached hydrogens (tertiary/aromatic N) is 5. The maximum absolute atomic E-state index is 5.01. The van der Waals surface area contributed by atoms with Gasteiger partial charge in [0, 0.05) is 47.2 Å². The summed E-state index contributed by atoms with van der Waals surface area (Å²) in [5, 5.41) is 8.65. The fraction of sp³-hybridized carbons (Fsp3) is 0.0200. The van der Waals surface area contributed by atoms with Crippen molar-refractivity contribution in [3.05, 3.63) is 206 Å². The van der Waals surface area contributed by atoms with E-state index >= 15 is 0 Å². The first-order valence-corrected chi connectivity index (χ1v) is 18.6. The van der Waals surface area contributed by atoms with Crippen LogP contribution in [0, 0.1) is 0 Å². The first-order chi connectivity index (χ1) is 27.7. The number of dihydropyridines is 1. The minimum absolute atomic E-state index is 0.00558. The molecule has 0 aliphatic carbocycles. The summed E-state index contributed by atoms with van der Waals surface area (Å²) in [6, 6.07) is 50.4. The number of rotatable bonds is 7. The van der Waals surface area contributed by atoms with Crippen molar-refractivity contribution in [3.8, 4) is 55.9 Å². The van der Waals surface area contributed by atoms with Crippen molar-refractivity contribution < 1.29 is 0 Å². The van der Waals surface area contributed by atoms with Gasteiger partial charge in [-0.15, -0.1) is 0 Å². The third-order valence-corrected chi connectivity index (χ3v) is 10.4. The fourth-order valence-electron chi connectivity index (χ4n) is 7.61. The average Bonchev–Trinajstić information content (AvgIpc) is 3.29. The van der Waals surface area contributed by atoms with Crippen LogP contribution >= 0.6 is 0 Å². The first-order valence-electron chi connectivity index (χ1n) is 18.6. The van der Waals surface area contributed by atoms with Crippen molar-refractivity contribution in [3.63, 3.8) is 0 Å². The topological polar surface area (TPSA) is 76.5 Å². The van der Waals surface area contributed by atoms with Crippen LogP contribution in [0.15, 0.2) is 195 Å². The highest BCUT2D eigenvalue weighted by Crippen LogP contribution is 2.37. The molecule has 1 aliphatic heterocycles. The van der Waals surface area contributed by atoms with Gasteiger partial charge in [0.2, 0.25) is 0 Å². The molecule has 6 aromatic carbocycles. The van der Waals surface area contributed by atoms with E-state index in [1.807, 2.05) is 24.5 Å². The Kier molecular flexibility index (Phi) is 8.46. The van der Waals surface area contributed by atoms with Crippen molar-refractivity contribution in [2.75, 3.05) is 0 Å². The second kappa shape index (κ2) is 14.3. The van der Waals surface area contributed by atoms with Gasteiger partial charge in [0.05, 0.1) is 17.4 Å². The summed E-state index contributed by atoms with van der Waals surface area (Å²) in [4.78, 5) is 21.9. The molecule has 4 heterocycles. The predicted octanol–water partition coefficient (Wildman–Crippen LogP) is 11.5. The van der Waals surface area contributed by atoms with Gasteiger partial charge >= 0.3 is 0 Å². The standard InChI is InChI=1S/C50H34N6/c1-2-12-45-33(7-1)17-18-34-19-20-37(26-46(34)45)42-24-40(35-8-3-10-38(21-35)47-13-5-15-49(55-47)43-27-51-31-52-28-43)23-41(25-42)36-9-4-11-39(22-36)48-14-6-16-50(56-48)44-29-53-32-54-30-44/h1-32,47,55H. The van der Waals surface area contributed by atoms with Gasteiger partial charge in [-0.1, -0.05) is 103 Å². The molecule has 1 aliphatic rings. The van der Waals surface area contributed by atoms with E-state index in [2.05, 4.69) is 171 Å². The minimum Gasteiger partial charge on any atom is -0.374 e. The molecule has 0 fully saturated rings. The van der Waals surface area contributed by atoms with Crippen LogP contribution in [0.2, 0.25) is 0 Å². The zero-order valence-corrected chi connectivity index (χ0v) is 30.3. The normalized spacial score (nSPS) is 13.7. The van der Waals surface area contributed by atoms with Gasteiger partial charge in [0.1, 0.15) is 12.7 Å². The van der Waals surface area contributed by atoms with E-state index in [9.17, 15) is 0 Å². The molecule has 0 radical (unpaired) electrons. The van der Waals surface area contributed by atoms with Crippen LogP contribution in [0.4, 0.5) is 0 Å². The summed E-state index contributed by atoms with van der Waals surface area (Å²) in [6.07, 6.45) is 16.7. The summed E-state index contributed by atoms with van der Waals surface area (Å²) in [7, 11) is 0. The molecule has 0 saturated carbocycles. The second-order valence-electron chi connectivity index (χ2n) is 14.0. The Labute approximate surface area is 324 Å². The van der Waals surface area contributed by atoms with Crippen LogP contribution in [-0.4, -0.2) is 24.9 Å². The summed E-state index contributed by atoms with van der Waals surface area (Å²) in [6.45, 7) is 0. The molecule has 10 rings (SSSR count). The van der Waals surface area contributed by atoms with Gasteiger partial charge in [-0.3, -0.25) is 0 Å². The molecule has 6 nitrogen and oxygen atoms in total. The molecule has 0 spiro atoms. The zero-order chi connectivity index (χ0) is 37.3. The van der Waals surface area contributed by atoms with Crippen LogP contribution in [-0.2, 0) is 0 Å². The second-order valence-corrected chi connectivity index (χ2v) is 14.0. The summed E-state index contributed by atoms with van der Waals surface area (Å²) < 4.78 is 0. The molecule has 264 valence electrons. The molecular formula is C50H34N6. The highest BCUT2D eigenvalue weighted by Gasteiger charge is 2.16. The van der Waals surface area contributed by atoms with E-state index in [4.69, 9.17) is 4.98 Å². The Hall–Kier alpha value is -7.57. The molecule has 1 N–H and O–H groups in total. The molecule has 0 saturated heterocycles. The smallest absolute Gasteiger partial charge is 0.115 e. The van der Waals surface area contributed by atoms with Gasteiger partial charge in [-0.25, -0.2) is 24.9 Å². The predicted molar refractivity (Wildman–Crippen MR) is 227 cm³/mol. The molecular weight excluding hydrogens is 685 g/mol. The number of hydrogen-bond acceptors (Lipinski definition) is 6. The SMILES string of the molecule is C1=CC(c2cccc(-c3cc(-c4cccc(-c5cccc(-c6cncnc6)n5)c4)cc(-c4ccc5ccc6ccccc6c5c4)c3)c2)NC(c2cncnc2)=C1. The molecule has 0 amide bonds. The number of allylic oxidation sites excluding steroid dienone is 2. The van der Waals surface area contributed by atoms with Crippen LogP contribution in [0.3, 0.4) is 0 Å². The van der Waals surface area contributed by atoms with Gasteiger partial charge in [-0.2, -0.15) is 0 Å². The molecule has 1 atom stereocenters. The van der Waals surface area contributed by atoms with Gasteiger partial charge < -0.3 is 5.32 Å². The Morgan fingerprint density at radius 1 is 0.411 bits per heavy atom. The summed E-state index contributed by atoms with van der Waals surface area (Å²) >= 11 is 0. The molecule has 6 heteroatoms. The lowest BCUT2D eigenvalue weighted by molar-refractivity contribution is 0.763. The summed E-state index contributed by atoms with van der Waals surface area (Å²) in [5.74, 6) is 0. The van der Waals surface area contributed by atoms with Crippen molar-refractivity contribution >= 4 is 27.2 Å². The monoisotopic (exact) mass is 718 g/mol. The average molecular weight is 719 g/mol. The van der Waals surface area contributed by atoms with Crippen LogP contribution in [0.25, 0.3) is 83.1 Å². The highest BCUT2D eigenvalue weighted by atomic mass is 14.9. The number of nitrogens with one attached hydrogen (secondary N) is 1. The van der Waals surface area contributed by atoms with E-state index in [-0.39, 0.29) is 6.04 Å². The number of aromatic nitrogens is 5. The largest absolute Gasteiger partial charge is 0.374 e. The number of pyridine rings is 1. The number of fused-ring (bicyclic) bond motifs is 3. The number of benzene rings is 6. The van der Waals surface area contributed by atoms with Crippen molar-refractivity contribution in [2.24, 2.45) is 0 Å². The van der Waals surface area contributed by atoms with Crippen molar-refractivity contribution in [1.82, 2.24) is 30.2 Å². The van der Waals surface area contributed by atoms with Gasteiger partial charge in [0.15, 0.2) is 0 Å². The quantitative estimate of drug-likeness (QED) is 0.165. The zero-order valence-electron chi connectivity index (χ0n) is 30.3. The molecule has 0 bridgehead atoms. The third-order valence-electron chi connectivity index (χ3n) is 10.4. The number of hydrogen-bond donors (Lipinski definition) is 1. The lowest BCUT2D eigenvalue weighted by Crippen LogP contribution is -2.20. The Bertz CT molecular complexity index is 2950. The molecule has 1 unspecified atom stereocenters. The van der Waals surface area contributed by atoms with E-state index in [1.54, 1.807) is 18.7 Å². The lowest BCUT2D eigenvalue weighted by atomic mass is 9.90. The minimum atomic E-state index is -0.00558. The maximum Gasteiger partial charge on any atom is 0.115 e. The maximum atomic E-state index is 5.01. The van der Waals surface area contributed by atoms with E-state index < -0.39 is 0 Å². The summed E-state index contributed by atoms with van der Waals surface area (Å²) in [5.41, 5.74) is 13.6. The van der Waals surface area contributed by atoms with Gasteiger partial charge in [-0.05, 0) is 115 Å². The van der Waals surface area contributed by atoms with Crippen LogP contribution in [0.5, 0.6) is 0 Å². The lowest BCUT2D eigenvalue weighted by Gasteiger charge is -2.23. The molecule has 56 heavy (non-hydrogen) atoms. The third kappa shape index (κ3) is 6.50. The van der Waals surface area contributed by atoms with Crippen molar-refractivity contribution in [2.45, 2.75) is 6.04 Å². The highest BCUT2D eigenvalue weighted by molar-refractivity contribution is 6.08. The first kappa shape index (κ1) is 33.0. The Balaban J connectivity index is 1.08. The van der Waals surface area contributed by atoms with Crippen molar-refractivity contribution in [1.29, 1.82) is 0 Å². The van der Waals surface area contributed by atoms with E-state index in [0.717, 1.165) is 61.6 Å².